The molecule has 2 saturated carbocycles. The topological polar surface area (TPSA) is 93.1 Å². The zero-order chi connectivity index (χ0) is 33.5. The van der Waals surface area contributed by atoms with Crippen LogP contribution in [0, 0.1) is 40.4 Å². The van der Waals surface area contributed by atoms with Crippen molar-refractivity contribution in [2.45, 2.75) is 156 Å². The third-order valence-corrected chi connectivity index (χ3v) is 12.5. The van der Waals surface area contributed by atoms with Crippen LogP contribution in [0.2, 0.25) is 0 Å². The quantitative estimate of drug-likeness (QED) is 0.0823. The summed E-state index contributed by atoms with van der Waals surface area (Å²) in [5.74, 6) is -1.22. The predicted octanol–water partition coefficient (Wildman–Crippen LogP) is 8.26. The molecule has 6 heteroatoms. The molecule has 45 heavy (non-hydrogen) atoms. The zero-order valence-electron chi connectivity index (χ0n) is 29.7. The Morgan fingerprint density at radius 3 is 2.18 bits per heavy atom. The molecule has 0 radical (unpaired) electrons. The van der Waals surface area contributed by atoms with Crippen LogP contribution in [0.25, 0.3) is 0 Å². The summed E-state index contributed by atoms with van der Waals surface area (Å²) in [5.41, 5.74) is -3.25. The normalized spacial score (nSPS) is 37.1. The Balaban J connectivity index is 1.60. The van der Waals surface area contributed by atoms with Gasteiger partial charge in [-0.15, -0.1) is 0 Å². The predicted molar refractivity (Wildman–Crippen MR) is 179 cm³/mol. The molecule has 1 spiro atoms. The Hall–Kier alpha value is -1.92. The summed E-state index contributed by atoms with van der Waals surface area (Å²) in [5, 5.41) is 24.4. The average molecular weight is 627 g/mol. The van der Waals surface area contributed by atoms with E-state index in [1.807, 2.05) is 40.7 Å². The molecule has 2 N–H and O–H groups in total. The Kier molecular flexibility index (Phi) is 10.6. The van der Waals surface area contributed by atoms with Crippen LogP contribution in [0.15, 0.2) is 35.6 Å². The first-order valence-electron chi connectivity index (χ1n) is 17.9. The van der Waals surface area contributed by atoms with Crippen LogP contribution in [0.5, 0.6) is 0 Å². The Labute approximate surface area is 273 Å². The van der Waals surface area contributed by atoms with Gasteiger partial charge >= 0.3 is 5.97 Å². The first-order valence-corrected chi connectivity index (χ1v) is 17.9. The van der Waals surface area contributed by atoms with Crippen molar-refractivity contribution >= 4 is 11.8 Å². The van der Waals surface area contributed by atoms with E-state index in [-0.39, 0.29) is 29.0 Å². The number of Topliss-reactive ketones (excluding diaryl/α,β-unsaturated/α-hetero) is 1. The van der Waals surface area contributed by atoms with Crippen LogP contribution >= 0.6 is 0 Å². The van der Waals surface area contributed by atoms with E-state index in [4.69, 9.17) is 9.47 Å². The summed E-state index contributed by atoms with van der Waals surface area (Å²) in [4.78, 5) is 28.2. The maximum Gasteiger partial charge on any atom is 0.309 e. The van der Waals surface area contributed by atoms with Crippen LogP contribution in [0.1, 0.15) is 133 Å². The molecule has 254 valence electrons. The molecule has 4 aliphatic carbocycles. The van der Waals surface area contributed by atoms with E-state index in [2.05, 4.69) is 27.4 Å². The second-order valence-corrected chi connectivity index (χ2v) is 16.0. The number of carbonyl (C=O) groups excluding carboxylic acids is 2. The highest BCUT2D eigenvalue weighted by Gasteiger charge is 2.83. The largest absolute Gasteiger partial charge is 0.491 e. The summed E-state index contributed by atoms with van der Waals surface area (Å²) in [6.45, 7) is 22.2. The van der Waals surface area contributed by atoms with Crippen LogP contribution in [0.3, 0.4) is 0 Å². The molecule has 0 aromatic rings. The number of ether oxygens (including phenoxy) is 2. The molecular weight excluding hydrogens is 564 g/mol. The fourth-order valence-corrected chi connectivity index (χ4v) is 9.31. The van der Waals surface area contributed by atoms with Crippen molar-refractivity contribution in [2.75, 3.05) is 0 Å². The number of hydrogen-bond donors (Lipinski definition) is 2. The molecule has 0 saturated heterocycles. The average Bonchev–Trinajstić information content (AvgIpc) is 3.39. The smallest absolute Gasteiger partial charge is 0.309 e. The number of aliphatic hydroxyl groups is 2. The fourth-order valence-electron chi connectivity index (χ4n) is 9.31. The molecule has 0 aromatic carbocycles. The van der Waals surface area contributed by atoms with Gasteiger partial charge < -0.3 is 19.7 Å². The van der Waals surface area contributed by atoms with Gasteiger partial charge in [0.2, 0.25) is 0 Å². The van der Waals surface area contributed by atoms with Crippen molar-refractivity contribution in [3.63, 3.8) is 0 Å². The van der Waals surface area contributed by atoms with E-state index >= 15 is 0 Å². The molecule has 9 atom stereocenters. The lowest BCUT2D eigenvalue weighted by Crippen LogP contribution is -2.66. The van der Waals surface area contributed by atoms with Gasteiger partial charge in [-0.3, -0.25) is 9.59 Å². The van der Waals surface area contributed by atoms with Crippen molar-refractivity contribution in [3.05, 3.63) is 35.6 Å². The number of allylic oxidation sites excluding steroid dienone is 2. The third kappa shape index (κ3) is 5.79. The van der Waals surface area contributed by atoms with Crippen molar-refractivity contribution in [1.29, 1.82) is 0 Å². The molecule has 2 bridgehead atoms. The van der Waals surface area contributed by atoms with Crippen LogP contribution in [0.4, 0.5) is 0 Å². The van der Waals surface area contributed by atoms with Crippen molar-refractivity contribution < 1.29 is 29.3 Å². The highest BCUT2D eigenvalue weighted by molar-refractivity contribution is 5.95. The van der Waals surface area contributed by atoms with E-state index in [1.165, 1.54) is 44.9 Å². The van der Waals surface area contributed by atoms with Gasteiger partial charge in [-0.2, -0.15) is 0 Å². The van der Waals surface area contributed by atoms with E-state index < -0.39 is 46.6 Å². The van der Waals surface area contributed by atoms with Gasteiger partial charge in [-0.05, 0) is 49.7 Å². The molecule has 0 amide bonds. The van der Waals surface area contributed by atoms with Gasteiger partial charge in [0.1, 0.15) is 11.7 Å². The second kappa shape index (κ2) is 13.3. The number of ketones is 1. The number of hydrogen-bond acceptors (Lipinski definition) is 6. The van der Waals surface area contributed by atoms with E-state index in [0.717, 1.165) is 25.0 Å². The van der Waals surface area contributed by atoms with Gasteiger partial charge in [-0.25, -0.2) is 0 Å². The first kappa shape index (κ1) is 35.9. The lowest BCUT2D eigenvalue weighted by molar-refractivity contribution is -0.206. The summed E-state index contributed by atoms with van der Waals surface area (Å²) < 4.78 is 13.0. The van der Waals surface area contributed by atoms with Gasteiger partial charge in [0.05, 0.1) is 17.1 Å². The lowest BCUT2D eigenvalue weighted by atomic mass is 9.59. The molecule has 4 aliphatic rings. The summed E-state index contributed by atoms with van der Waals surface area (Å²) in [6, 6.07) is 0. The third-order valence-electron chi connectivity index (χ3n) is 12.5. The minimum atomic E-state index is -2.02. The molecule has 6 nitrogen and oxygen atoms in total. The van der Waals surface area contributed by atoms with Gasteiger partial charge in [0, 0.05) is 23.7 Å². The SMILES string of the molecule is C=C(CCCCCCCCCCC)O[C@@]12C[C@@H](C)[C@]34C=C(C)[C@H](O)[C@@]3(O)[C@H](OC(=O)C(C)C(C)C)C(C)=C[C@H](C4=O)C1C2(C)C. The molecule has 2 fully saturated rings. The summed E-state index contributed by atoms with van der Waals surface area (Å²) in [6.07, 6.45) is 13.8. The van der Waals surface area contributed by atoms with Gasteiger partial charge in [-0.1, -0.05) is 119 Å². The van der Waals surface area contributed by atoms with Crippen molar-refractivity contribution in [2.24, 2.45) is 40.4 Å². The highest BCUT2D eigenvalue weighted by atomic mass is 16.6. The Morgan fingerprint density at radius 1 is 1.02 bits per heavy atom. The van der Waals surface area contributed by atoms with Gasteiger partial charge in [0.25, 0.3) is 0 Å². The van der Waals surface area contributed by atoms with Crippen molar-refractivity contribution in [3.8, 4) is 0 Å². The lowest BCUT2D eigenvalue weighted by Gasteiger charge is -2.49. The number of carbonyl (C=O) groups is 2. The van der Waals surface area contributed by atoms with Crippen LogP contribution in [-0.4, -0.2) is 45.4 Å². The molecule has 4 rings (SSSR count). The van der Waals surface area contributed by atoms with E-state index in [0.29, 0.717) is 17.6 Å². The highest BCUT2D eigenvalue weighted by Crippen LogP contribution is 2.75. The Bertz CT molecular complexity index is 1200. The number of rotatable bonds is 15. The zero-order valence-corrected chi connectivity index (χ0v) is 29.7. The summed E-state index contributed by atoms with van der Waals surface area (Å²) in [7, 11) is 0. The minimum absolute atomic E-state index is 0.0428. The first-order chi connectivity index (χ1) is 21.0. The second-order valence-electron chi connectivity index (χ2n) is 16.0. The Morgan fingerprint density at radius 2 is 1.60 bits per heavy atom. The number of aliphatic hydroxyl groups excluding tert-OH is 1. The fraction of sp³-hybridized carbons (Fsp3) is 0.795. The van der Waals surface area contributed by atoms with Crippen molar-refractivity contribution in [1.82, 2.24) is 0 Å². The summed E-state index contributed by atoms with van der Waals surface area (Å²) >= 11 is 0. The maximum atomic E-state index is 14.9. The molecular formula is C39H62O6. The maximum absolute atomic E-state index is 14.9. The minimum Gasteiger partial charge on any atom is -0.491 e. The van der Waals surface area contributed by atoms with Crippen LogP contribution < -0.4 is 0 Å². The number of esters is 1. The van der Waals surface area contributed by atoms with Crippen LogP contribution in [-0.2, 0) is 19.1 Å². The molecule has 0 aromatic heterocycles. The molecule has 0 aliphatic heterocycles. The molecule has 0 heterocycles. The van der Waals surface area contributed by atoms with E-state index in [1.54, 1.807) is 13.0 Å². The van der Waals surface area contributed by atoms with Gasteiger partial charge in [0.15, 0.2) is 17.5 Å². The molecule has 2 unspecified atom stereocenters. The monoisotopic (exact) mass is 626 g/mol. The number of unbranched alkanes of at least 4 members (excludes halogenated alkanes) is 8. The van der Waals surface area contributed by atoms with E-state index in [9.17, 15) is 19.8 Å². The number of fused-ring (bicyclic) bond motifs is 3. The standard InChI is InChI=1S/C39H62O6/c1-11-12-13-14-15-16-17-18-19-20-28(7)45-38-23-27(6)37-22-26(5)32(40)39(37,43)34(44-35(42)29(8)24(2)3)25(4)21-30(33(37)41)31(38)36(38,9)10/h21-22,24,27,29-32,34,40,43H,7,11-20,23H2,1-6,8-10H3/t27-,29?,30+,31?,32+,34-,37+,38+,39-/m1/s1.